The monoisotopic (exact) mass is 350 g/mol. The Kier molecular flexibility index (Phi) is 4.69. The van der Waals surface area contributed by atoms with Crippen LogP contribution in [-0.2, 0) is 12.8 Å². The maximum absolute atomic E-state index is 12.4. The molecule has 6 nitrogen and oxygen atoms in total. The van der Waals surface area contributed by atoms with Gasteiger partial charge in [0.2, 0.25) is 0 Å². The van der Waals surface area contributed by atoms with Crippen molar-refractivity contribution in [1.29, 1.82) is 0 Å². The number of amides is 1. The number of aromatic amines is 1. The minimum atomic E-state index is -0.633. The normalized spacial score (nSPS) is 15.1. The van der Waals surface area contributed by atoms with Crippen molar-refractivity contribution in [2.45, 2.75) is 25.0 Å². The number of nitrogens with one attached hydrogen (secondary N) is 3. The van der Waals surface area contributed by atoms with E-state index in [1.54, 1.807) is 12.3 Å². The van der Waals surface area contributed by atoms with E-state index in [0.717, 1.165) is 23.7 Å². The van der Waals surface area contributed by atoms with Crippen LogP contribution >= 0.6 is 0 Å². The molecule has 4 N–H and O–H groups in total. The van der Waals surface area contributed by atoms with Crippen LogP contribution in [0.1, 0.15) is 21.5 Å². The first-order chi connectivity index (χ1) is 12.7. The first kappa shape index (κ1) is 16.8. The molecule has 0 radical (unpaired) electrons. The number of carbonyl (C=O) groups is 1. The van der Waals surface area contributed by atoms with Crippen molar-refractivity contribution in [1.82, 2.24) is 20.8 Å². The van der Waals surface area contributed by atoms with Gasteiger partial charge in [0.1, 0.15) is 0 Å². The maximum Gasteiger partial charge on any atom is 0.252 e. The quantitative estimate of drug-likeness (QED) is 0.541. The fourth-order valence-corrected chi connectivity index (χ4v) is 3.55. The van der Waals surface area contributed by atoms with E-state index in [4.69, 9.17) is 0 Å². The lowest BCUT2D eigenvalue weighted by molar-refractivity contribution is 0.0915. The summed E-state index contributed by atoms with van der Waals surface area (Å²) in [6.07, 6.45) is 2.97. The van der Waals surface area contributed by atoms with Gasteiger partial charge in [-0.3, -0.25) is 9.89 Å². The zero-order valence-electron chi connectivity index (χ0n) is 14.4. The summed E-state index contributed by atoms with van der Waals surface area (Å²) in [7, 11) is 0. The molecule has 3 aromatic rings. The standard InChI is InChI=1S/C20H22N4O2/c25-16(10-21-15-8-13-4-1-2-5-14(13)9-15)11-22-20(26)17-6-3-7-19-18(17)12-23-24-19/h1-7,12,15-16,21,25H,8-11H2,(H,22,26)(H,23,24)/t16-/m0/s1. The van der Waals surface area contributed by atoms with Crippen LogP contribution in [0, 0.1) is 0 Å². The van der Waals surface area contributed by atoms with Crippen LogP contribution < -0.4 is 10.6 Å². The summed E-state index contributed by atoms with van der Waals surface area (Å²) in [5.74, 6) is -0.204. The largest absolute Gasteiger partial charge is 0.390 e. The summed E-state index contributed by atoms with van der Waals surface area (Å²) in [5, 5.41) is 24.0. The smallest absolute Gasteiger partial charge is 0.252 e. The zero-order chi connectivity index (χ0) is 17.9. The number of fused-ring (bicyclic) bond motifs is 2. The van der Waals surface area contributed by atoms with Gasteiger partial charge in [0.25, 0.3) is 5.91 Å². The van der Waals surface area contributed by atoms with Crippen LogP contribution in [0.25, 0.3) is 10.9 Å². The second-order valence-corrected chi connectivity index (χ2v) is 6.78. The first-order valence-corrected chi connectivity index (χ1v) is 8.89. The summed E-state index contributed by atoms with van der Waals surface area (Å²) < 4.78 is 0. The number of aliphatic hydroxyl groups excluding tert-OH is 1. The predicted octanol–water partition coefficient (Wildman–Crippen LogP) is 1.41. The lowest BCUT2D eigenvalue weighted by atomic mass is 10.1. The molecule has 1 aliphatic rings. The number of rotatable bonds is 6. The Balaban J connectivity index is 1.26. The molecule has 1 heterocycles. The summed E-state index contributed by atoms with van der Waals surface area (Å²) >= 11 is 0. The molecule has 0 fully saturated rings. The van der Waals surface area contributed by atoms with Crippen LogP contribution in [0.4, 0.5) is 0 Å². The second-order valence-electron chi connectivity index (χ2n) is 6.78. The molecular formula is C20H22N4O2. The third-order valence-corrected chi connectivity index (χ3v) is 4.92. The van der Waals surface area contributed by atoms with Gasteiger partial charge in [0.15, 0.2) is 0 Å². The van der Waals surface area contributed by atoms with Gasteiger partial charge in [-0.25, -0.2) is 0 Å². The van der Waals surface area contributed by atoms with Gasteiger partial charge in [0, 0.05) is 24.5 Å². The molecule has 1 aromatic heterocycles. The van der Waals surface area contributed by atoms with E-state index in [0.29, 0.717) is 18.2 Å². The molecule has 134 valence electrons. The Labute approximate surface area is 151 Å². The zero-order valence-corrected chi connectivity index (χ0v) is 14.4. The van der Waals surface area contributed by atoms with Crippen molar-refractivity contribution >= 4 is 16.8 Å². The fraction of sp³-hybridized carbons (Fsp3) is 0.300. The van der Waals surface area contributed by atoms with E-state index in [-0.39, 0.29) is 12.5 Å². The number of hydrogen-bond donors (Lipinski definition) is 4. The number of hydrogen-bond acceptors (Lipinski definition) is 4. The summed E-state index contributed by atoms with van der Waals surface area (Å²) in [4.78, 5) is 12.4. The predicted molar refractivity (Wildman–Crippen MR) is 100 cm³/mol. The van der Waals surface area contributed by atoms with Gasteiger partial charge >= 0.3 is 0 Å². The SMILES string of the molecule is O=C(NC[C@@H](O)CNC1Cc2ccccc2C1)c1cccc2[nH]ncc12. The van der Waals surface area contributed by atoms with Gasteiger partial charge in [0.05, 0.1) is 23.4 Å². The third kappa shape index (κ3) is 3.47. The van der Waals surface area contributed by atoms with E-state index in [1.807, 2.05) is 12.1 Å². The molecule has 1 atom stereocenters. The van der Waals surface area contributed by atoms with Crippen LogP contribution in [0.15, 0.2) is 48.7 Å². The molecule has 0 bridgehead atoms. The van der Waals surface area contributed by atoms with Crippen LogP contribution in [0.5, 0.6) is 0 Å². The Morgan fingerprint density at radius 2 is 1.92 bits per heavy atom. The van der Waals surface area contributed by atoms with E-state index < -0.39 is 6.10 Å². The molecular weight excluding hydrogens is 328 g/mol. The van der Waals surface area contributed by atoms with Crippen molar-refractivity contribution in [2.75, 3.05) is 13.1 Å². The van der Waals surface area contributed by atoms with E-state index in [9.17, 15) is 9.90 Å². The van der Waals surface area contributed by atoms with Gasteiger partial charge in [-0.05, 0) is 36.1 Å². The first-order valence-electron chi connectivity index (χ1n) is 8.89. The molecule has 6 heteroatoms. The van der Waals surface area contributed by atoms with E-state index in [2.05, 4.69) is 45.1 Å². The number of carbonyl (C=O) groups excluding carboxylic acids is 1. The minimum absolute atomic E-state index is 0.204. The van der Waals surface area contributed by atoms with Crippen LogP contribution in [0.3, 0.4) is 0 Å². The molecule has 0 saturated carbocycles. The molecule has 1 aliphatic carbocycles. The van der Waals surface area contributed by atoms with Gasteiger partial charge < -0.3 is 15.7 Å². The number of benzene rings is 2. The average molecular weight is 350 g/mol. The van der Waals surface area contributed by atoms with E-state index >= 15 is 0 Å². The van der Waals surface area contributed by atoms with Crippen molar-refractivity contribution < 1.29 is 9.90 Å². The Hall–Kier alpha value is -2.70. The van der Waals surface area contributed by atoms with Crippen LogP contribution in [0.2, 0.25) is 0 Å². The number of aliphatic hydroxyl groups is 1. The molecule has 1 amide bonds. The molecule has 26 heavy (non-hydrogen) atoms. The van der Waals surface area contributed by atoms with Crippen LogP contribution in [-0.4, -0.2) is 46.4 Å². The third-order valence-electron chi connectivity index (χ3n) is 4.92. The molecule has 4 rings (SSSR count). The fourth-order valence-electron chi connectivity index (χ4n) is 3.55. The van der Waals surface area contributed by atoms with E-state index in [1.165, 1.54) is 11.1 Å². The average Bonchev–Trinajstić information content (AvgIpc) is 3.30. The topological polar surface area (TPSA) is 90.0 Å². The lowest BCUT2D eigenvalue weighted by Crippen LogP contribution is -2.41. The van der Waals surface area contributed by atoms with Crippen molar-refractivity contribution in [3.63, 3.8) is 0 Å². The molecule has 0 spiro atoms. The molecule has 0 aliphatic heterocycles. The second kappa shape index (κ2) is 7.27. The number of aromatic nitrogens is 2. The lowest BCUT2D eigenvalue weighted by Gasteiger charge is -2.17. The Bertz CT molecular complexity index is 896. The summed E-state index contributed by atoms with van der Waals surface area (Å²) in [6, 6.07) is 14.2. The summed E-state index contributed by atoms with van der Waals surface area (Å²) in [5.41, 5.74) is 4.13. The molecule has 0 saturated heterocycles. The van der Waals surface area contributed by atoms with Gasteiger partial charge in [-0.1, -0.05) is 30.3 Å². The van der Waals surface area contributed by atoms with Gasteiger partial charge in [-0.15, -0.1) is 0 Å². The minimum Gasteiger partial charge on any atom is -0.390 e. The number of H-pyrrole nitrogens is 1. The van der Waals surface area contributed by atoms with Crippen molar-refractivity contribution in [3.05, 3.63) is 65.4 Å². The number of nitrogens with zero attached hydrogens (tertiary/aromatic N) is 1. The van der Waals surface area contributed by atoms with Crippen molar-refractivity contribution in [2.24, 2.45) is 0 Å². The summed E-state index contributed by atoms with van der Waals surface area (Å²) in [6.45, 7) is 0.661. The van der Waals surface area contributed by atoms with Crippen molar-refractivity contribution in [3.8, 4) is 0 Å². The molecule has 0 unspecified atom stereocenters. The highest BCUT2D eigenvalue weighted by atomic mass is 16.3. The highest BCUT2D eigenvalue weighted by molar-refractivity contribution is 6.06. The highest BCUT2D eigenvalue weighted by Gasteiger charge is 2.21. The molecule has 2 aromatic carbocycles. The highest BCUT2D eigenvalue weighted by Crippen LogP contribution is 2.21. The Morgan fingerprint density at radius 3 is 2.69 bits per heavy atom. The Morgan fingerprint density at radius 1 is 1.15 bits per heavy atom. The van der Waals surface area contributed by atoms with Gasteiger partial charge in [-0.2, -0.15) is 5.10 Å². The maximum atomic E-state index is 12.4.